The number of amides is 1. The van der Waals surface area contributed by atoms with E-state index in [-0.39, 0.29) is 18.4 Å². The van der Waals surface area contributed by atoms with Crippen LogP contribution in [0.15, 0.2) is 86.6 Å². The number of aryl methyl sites for hydroxylation is 2. The Morgan fingerprint density at radius 3 is 2.38 bits per heavy atom. The van der Waals surface area contributed by atoms with Crippen LogP contribution in [0.4, 0.5) is 0 Å². The highest BCUT2D eigenvalue weighted by molar-refractivity contribution is 6.02. The number of carboxylic acid groups (broad SMARTS) is 1. The Morgan fingerprint density at radius 2 is 1.68 bits per heavy atom. The highest BCUT2D eigenvalue weighted by Gasteiger charge is 2.23. The van der Waals surface area contributed by atoms with E-state index in [0.717, 1.165) is 27.6 Å². The molecule has 0 aliphatic rings. The summed E-state index contributed by atoms with van der Waals surface area (Å²) >= 11 is 0. The Kier molecular flexibility index (Phi) is 6.36. The molecule has 1 atom stereocenters. The lowest BCUT2D eigenvalue weighted by molar-refractivity contribution is -0.141. The predicted octanol–water partition coefficient (Wildman–Crippen LogP) is 5.18. The molecule has 3 aromatic carbocycles. The van der Waals surface area contributed by atoms with Crippen molar-refractivity contribution in [1.82, 2.24) is 5.32 Å². The van der Waals surface area contributed by atoms with Gasteiger partial charge in [0.1, 0.15) is 17.2 Å². The van der Waals surface area contributed by atoms with E-state index in [9.17, 15) is 19.5 Å². The van der Waals surface area contributed by atoms with E-state index in [2.05, 4.69) is 5.32 Å². The molecule has 0 aliphatic carbocycles. The maximum atomic E-state index is 12.8. The molecule has 2 heterocycles. The molecule has 0 spiro atoms. The minimum atomic E-state index is -1.15. The third-order valence-corrected chi connectivity index (χ3v) is 6.60. The lowest BCUT2D eigenvalue weighted by Gasteiger charge is -2.15. The van der Waals surface area contributed by atoms with Crippen molar-refractivity contribution in [1.29, 1.82) is 0 Å². The Morgan fingerprint density at radius 1 is 0.946 bits per heavy atom. The monoisotopic (exact) mass is 495 g/mol. The second kappa shape index (κ2) is 9.78. The van der Waals surface area contributed by atoms with Crippen molar-refractivity contribution in [2.45, 2.75) is 32.7 Å². The van der Waals surface area contributed by atoms with Crippen LogP contribution in [0.2, 0.25) is 0 Å². The summed E-state index contributed by atoms with van der Waals surface area (Å²) in [4.78, 5) is 37.4. The maximum Gasteiger partial charge on any atom is 0.340 e. The molecule has 5 rings (SSSR count). The third-order valence-electron chi connectivity index (χ3n) is 6.60. The van der Waals surface area contributed by atoms with Crippen molar-refractivity contribution in [3.8, 4) is 11.1 Å². The second-order valence-electron chi connectivity index (χ2n) is 9.18. The summed E-state index contributed by atoms with van der Waals surface area (Å²) in [5.74, 6) is -1.71. The van der Waals surface area contributed by atoms with Gasteiger partial charge in [0.05, 0.1) is 18.2 Å². The second-order valence-corrected chi connectivity index (χ2v) is 9.18. The zero-order valence-corrected chi connectivity index (χ0v) is 20.4. The SMILES string of the molecule is Cc1ccc(-c2coc3cc4oc(=O)c(CC(=O)N[C@@H](Cc5ccccc5)C(=O)O)c(C)c4cc23)cc1. The van der Waals surface area contributed by atoms with Crippen LogP contribution in [0.3, 0.4) is 0 Å². The lowest BCUT2D eigenvalue weighted by Crippen LogP contribution is -2.43. The number of furan rings is 1. The first-order valence-electron chi connectivity index (χ1n) is 11.9. The summed E-state index contributed by atoms with van der Waals surface area (Å²) < 4.78 is 11.3. The fourth-order valence-electron chi connectivity index (χ4n) is 4.53. The van der Waals surface area contributed by atoms with Crippen molar-refractivity contribution >= 4 is 33.8 Å². The van der Waals surface area contributed by atoms with Gasteiger partial charge in [0.15, 0.2) is 0 Å². The molecular formula is C30H25NO6. The zero-order chi connectivity index (χ0) is 26.1. The number of carbonyl (C=O) groups excluding carboxylic acids is 1. The number of carboxylic acids is 1. The van der Waals surface area contributed by atoms with Gasteiger partial charge in [0.2, 0.25) is 5.91 Å². The minimum absolute atomic E-state index is 0.132. The molecule has 0 aliphatic heterocycles. The number of carbonyl (C=O) groups is 2. The van der Waals surface area contributed by atoms with Crippen LogP contribution in [0.1, 0.15) is 22.3 Å². The first-order chi connectivity index (χ1) is 17.8. The van der Waals surface area contributed by atoms with Gasteiger partial charge in [-0.2, -0.15) is 0 Å². The fourth-order valence-corrected chi connectivity index (χ4v) is 4.53. The lowest BCUT2D eigenvalue weighted by atomic mass is 9.99. The number of benzene rings is 3. The fraction of sp³-hybridized carbons (Fsp3) is 0.167. The third kappa shape index (κ3) is 4.89. The predicted molar refractivity (Wildman–Crippen MR) is 141 cm³/mol. The van der Waals surface area contributed by atoms with E-state index < -0.39 is 23.5 Å². The number of aliphatic carboxylic acids is 1. The first kappa shape index (κ1) is 24.1. The van der Waals surface area contributed by atoms with E-state index in [1.54, 1.807) is 43.5 Å². The Balaban J connectivity index is 1.46. The normalized spacial score (nSPS) is 12.1. The zero-order valence-electron chi connectivity index (χ0n) is 20.4. The van der Waals surface area contributed by atoms with Gasteiger partial charge in [-0.3, -0.25) is 4.79 Å². The standard InChI is InChI=1S/C30H25NO6/c1-17-8-10-20(11-9-17)24-16-36-26-15-27-21(13-23(24)26)18(2)22(30(35)37-27)14-28(32)31-25(29(33)34)12-19-6-4-3-5-7-19/h3-11,13,15-16,25H,12,14H2,1-2H3,(H,31,32)(H,33,34)/t25-/m0/s1. The van der Waals surface area contributed by atoms with Gasteiger partial charge in [-0.15, -0.1) is 0 Å². The van der Waals surface area contributed by atoms with Crippen LogP contribution in [-0.4, -0.2) is 23.0 Å². The number of nitrogens with one attached hydrogen (secondary N) is 1. The van der Waals surface area contributed by atoms with Gasteiger partial charge in [0, 0.05) is 28.8 Å². The molecule has 7 heteroatoms. The van der Waals surface area contributed by atoms with Crippen LogP contribution < -0.4 is 10.9 Å². The molecule has 2 aromatic heterocycles. The Hall–Kier alpha value is -4.65. The molecule has 0 saturated heterocycles. The molecule has 1 amide bonds. The summed E-state index contributed by atoms with van der Waals surface area (Å²) in [6, 6.07) is 19.6. The molecule has 7 nitrogen and oxygen atoms in total. The summed E-state index contributed by atoms with van der Waals surface area (Å²) in [5.41, 5.74) is 4.94. The highest BCUT2D eigenvalue weighted by Crippen LogP contribution is 2.34. The summed E-state index contributed by atoms with van der Waals surface area (Å²) in [7, 11) is 0. The quantitative estimate of drug-likeness (QED) is 0.301. The Bertz CT molecular complexity index is 1680. The van der Waals surface area contributed by atoms with Gasteiger partial charge >= 0.3 is 11.6 Å². The first-order valence-corrected chi connectivity index (χ1v) is 11.9. The molecule has 2 N–H and O–H groups in total. The van der Waals surface area contributed by atoms with Crippen LogP contribution in [-0.2, 0) is 22.4 Å². The topological polar surface area (TPSA) is 110 Å². The molecule has 186 valence electrons. The smallest absolute Gasteiger partial charge is 0.340 e. The van der Waals surface area contributed by atoms with Gasteiger partial charge < -0.3 is 19.3 Å². The Labute approximate surface area is 212 Å². The van der Waals surface area contributed by atoms with Gasteiger partial charge in [-0.25, -0.2) is 9.59 Å². The average Bonchev–Trinajstić information content (AvgIpc) is 3.29. The number of rotatable bonds is 7. The number of hydrogen-bond donors (Lipinski definition) is 2. The van der Waals surface area contributed by atoms with Crippen molar-refractivity contribution in [3.05, 3.63) is 106 Å². The summed E-state index contributed by atoms with van der Waals surface area (Å²) in [6.07, 6.45) is 1.51. The van der Waals surface area contributed by atoms with Gasteiger partial charge in [-0.1, -0.05) is 60.2 Å². The molecule has 0 radical (unpaired) electrons. The van der Waals surface area contributed by atoms with Crippen molar-refractivity contribution in [2.24, 2.45) is 0 Å². The van der Waals surface area contributed by atoms with E-state index in [4.69, 9.17) is 8.83 Å². The van der Waals surface area contributed by atoms with Gasteiger partial charge in [-0.05, 0) is 36.6 Å². The molecule has 5 aromatic rings. The average molecular weight is 496 g/mol. The molecule has 37 heavy (non-hydrogen) atoms. The van der Waals surface area contributed by atoms with Crippen molar-refractivity contribution < 1.29 is 23.5 Å². The minimum Gasteiger partial charge on any atom is -0.480 e. The van der Waals surface area contributed by atoms with E-state index in [0.29, 0.717) is 22.1 Å². The molecule has 0 fully saturated rings. The summed E-state index contributed by atoms with van der Waals surface area (Å²) in [5, 5.41) is 13.7. The van der Waals surface area contributed by atoms with Gasteiger partial charge in [0.25, 0.3) is 0 Å². The molecule has 0 saturated carbocycles. The molecule has 0 bridgehead atoms. The van der Waals surface area contributed by atoms with Crippen LogP contribution >= 0.6 is 0 Å². The van der Waals surface area contributed by atoms with Crippen molar-refractivity contribution in [2.75, 3.05) is 0 Å². The van der Waals surface area contributed by atoms with Crippen LogP contribution in [0.5, 0.6) is 0 Å². The van der Waals surface area contributed by atoms with Crippen LogP contribution in [0.25, 0.3) is 33.1 Å². The molecular weight excluding hydrogens is 470 g/mol. The summed E-state index contributed by atoms with van der Waals surface area (Å²) in [6.45, 7) is 3.78. The van der Waals surface area contributed by atoms with Crippen molar-refractivity contribution in [3.63, 3.8) is 0 Å². The largest absolute Gasteiger partial charge is 0.480 e. The maximum absolute atomic E-state index is 12.8. The number of fused-ring (bicyclic) bond motifs is 2. The number of hydrogen-bond acceptors (Lipinski definition) is 5. The molecule has 0 unspecified atom stereocenters. The van der Waals surface area contributed by atoms with E-state index >= 15 is 0 Å². The highest BCUT2D eigenvalue weighted by atomic mass is 16.4. The van der Waals surface area contributed by atoms with E-state index in [1.807, 2.05) is 43.3 Å². The van der Waals surface area contributed by atoms with Crippen LogP contribution in [0, 0.1) is 13.8 Å². The van der Waals surface area contributed by atoms with E-state index in [1.165, 1.54) is 0 Å².